The molecule has 3 rings (SSSR count). The number of esters is 1. The van der Waals surface area contributed by atoms with Gasteiger partial charge in [0.2, 0.25) is 0 Å². The molecule has 0 aliphatic heterocycles. The number of fused-ring (bicyclic) bond motifs is 3. The average molecular weight is 342 g/mol. The van der Waals surface area contributed by atoms with Gasteiger partial charge in [0.1, 0.15) is 5.56 Å². The number of pyridine rings is 1. The van der Waals surface area contributed by atoms with Crippen molar-refractivity contribution in [1.29, 1.82) is 0 Å². The zero-order chi connectivity index (χ0) is 18.0. The van der Waals surface area contributed by atoms with Crippen LogP contribution >= 0.6 is 0 Å². The lowest BCUT2D eigenvalue weighted by molar-refractivity contribution is 0.0602. The highest BCUT2D eigenvalue weighted by atomic mass is 16.5. The third-order valence-corrected chi connectivity index (χ3v) is 4.40. The van der Waals surface area contributed by atoms with Crippen LogP contribution < -0.4 is 5.56 Å². The number of unbranched alkanes of at least 4 members (excludes halogenated alkanes) is 3. The maximum atomic E-state index is 12.7. The molecule has 0 atom stereocenters. The summed E-state index contributed by atoms with van der Waals surface area (Å²) in [5, 5.41) is 4.86. The summed E-state index contributed by atoms with van der Waals surface area (Å²) in [6.45, 7) is 4.58. The first-order valence-electron chi connectivity index (χ1n) is 8.54. The topological polar surface area (TPSA) is 78.5 Å². The zero-order valence-electron chi connectivity index (χ0n) is 14.8. The van der Waals surface area contributed by atoms with Gasteiger partial charge in [-0.25, -0.2) is 14.3 Å². The van der Waals surface area contributed by atoms with Crippen LogP contribution in [0, 0.1) is 6.92 Å². The summed E-state index contributed by atoms with van der Waals surface area (Å²) >= 11 is 0. The number of nitrogens with zero attached hydrogens (tertiary/aromatic N) is 4. The Balaban J connectivity index is 2.08. The fourth-order valence-corrected chi connectivity index (χ4v) is 3.04. The van der Waals surface area contributed by atoms with Crippen molar-refractivity contribution in [2.75, 3.05) is 7.11 Å². The maximum absolute atomic E-state index is 12.7. The van der Waals surface area contributed by atoms with Crippen LogP contribution in [-0.2, 0) is 11.3 Å². The van der Waals surface area contributed by atoms with Gasteiger partial charge < -0.3 is 9.30 Å². The molecule has 0 spiro atoms. The molecule has 0 unspecified atom stereocenters. The van der Waals surface area contributed by atoms with E-state index in [1.165, 1.54) is 19.7 Å². The van der Waals surface area contributed by atoms with Gasteiger partial charge in [-0.1, -0.05) is 26.2 Å². The van der Waals surface area contributed by atoms with Gasteiger partial charge >= 0.3 is 5.97 Å². The number of hydrogen-bond donors (Lipinski definition) is 0. The van der Waals surface area contributed by atoms with E-state index in [1.807, 2.05) is 6.07 Å². The molecule has 0 saturated heterocycles. The molecule has 25 heavy (non-hydrogen) atoms. The SMILES string of the molecule is CCCCCCn1ccc2c(cnc3c(C(=O)OC)c(C)nn32)c1=O. The first-order chi connectivity index (χ1) is 12.1. The van der Waals surface area contributed by atoms with Crippen molar-refractivity contribution in [3.05, 3.63) is 40.1 Å². The minimum atomic E-state index is -0.483. The Morgan fingerprint density at radius 1 is 1.28 bits per heavy atom. The Morgan fingerprint density at radius 2 is 2.08 bits per heavy atom. The molecule has 7 heteroatoms. The monoisotopic (exact) mass is 342 g/mol. The number of methoxy groups -OCH3 is 1. The van der Waals surface area contributed by atoms with Gasteiger partial charge in [0.15, 0.2) is 5.65 Å². The van der Waals surface area contributed by atoms with Crippen molar-refractivity contribution in [3.63, 3.8) is 0 Å². The summed E-state index contributed by atoms with van der Waals surface area (Å²) in [5.41, 5.74) is 1.80. The number of rotatable bonds is 6. The molecule has 0 saturated carbocycles. The number of carbonyl (C=O) groups excluding carboxylic acids is 1. The number of ether oxygens (including phenoxy) is 1. The molecule has 0 aliphatic carbocycles. The third kappa shape index (κ3) is 3.01. The first-order valence-corrected chi connectivity index (χ1v) is 8.54. The maximum Gasteiger partial charge on any atom is 0.343 e. The quantitative estimate of drug-likeness (QED) is 0.508. The van der Waals surface area contributed by atoms with Crippen LogP contribution in [0.1, 0.15) is 48.7 Å². The van der Waals surface area contributed by atoms with E-state index in [0.29, 0.717) is 34.4 Å². The highest BCUT2D eigenvalue weighted by Crippen LogP contribution is 2.18. The predicted octanol–water partition coefficient (Wildman–Crippen LogP) is 2.72. The summed E-state index contributed by atoms with van der Waals surface area (Å²) in [7, 11) is 1.32. The van der Waals surface area contributed by atoms with Gasteiger partial charge in [0.05, 0.1) is 23.7 Å². The van der Waals surface area contributed by atoms with Crippen LogP contribution in [0.3, 0.4) is 0 Å². The van der Waals surface area contributed by atoms with E-state index >= 15 is 0 Å². The second kappa shape index (κ2) is 7.04. The fraction of sp³-hybridized carbons (Fsp3) is 0.444. The summed E-state index contributed by atoms with van der Waals surface area (Å²) in [5.74, 6) is -0.483. The molecule has 3 aromatic heterocycles. The van der Waals surface area contributed by atoms with Crippen molar-refractivity contribution < 1.29 is 9.53 Å². The van der Waals surface area contributed by atoms with Crippen molar-refractivity contribution >= 4 is 22.5 Å². The normalized spacial score (nSPS) is 11.3. The van der Waals surface area contributed by atoms with Crippen LogP contribution in [0.4, 0.5) is 0 Å². The van der Waals surface area contributed by atoms with Gasteiger partial charge in [-0.3, -0.25) is 4.79 Å². The molecule has 0 aromatic carbocycles. The van der Waals surface area contributed by atoms with Gasteiger partial charge in [-0.05, 0) is 19.4 Å². The zero-order valence-corrected chi connectivity index (χ0v) is 14.8. The number of aromatic nitrogens is 4. The lowest BCUT2D eigenvalue weighted by Gasteiger charge is -2.08. The number of aryl methyl sites for hydroxylation is 2. The lowest BCUT2D eigenvalue weighted by Crippen LogP contribution is -2.20. The standard InChI is InChI=1S/C18H22N4O3/c1-4-5-6-7-9-21-10-8-14-13(17(21)23)11-19-16-15(18(24)25-3)12(2)20-22(14)16/h8,10-11H,4-7,9H2,1-3H3. The van der Waals surface area contributed by atoms with Crippen LogP contribution in [0.25, 0.3) is 16.6 Å². The van der Waals surface area contributed by atoms with Crippen LogP contribution in [0.5, 0.6) is 0 Å². The Bertz CT molecular complexity index is 987. The van der Waals surface area contributed by atoms with Gasteiger partial charge in [-0.15, -0.1) is 0 Å². The minimum absolute atomic E-state index is 0.0869. The largest absolute Gasteiger partial charge is 0.465 e. The summed E-state index contributed by atoms with van der Waals surface area (Å²) in [6, 6.07) is 1.85. The Morgan fingerprint density at radius 3 is 2.80 bits per heavy atom. The number of carbonyl (C=O) groups is 1. The molecular weight excluding hydrogens is 320 g/mol. The summed E-state index contributed by atoms with van der Waals surface area (Å²) in [6.07, 6.45) is 7.72. The predicted molar refractivity (Wildman–Crippen MR) is 95.0 cm³/mol. The molecule has 0 N–H and O–H groups in total. The molecule has 3 aromatic rings. The van der Waals surface area contributed by atoms with E-state index in [-0.39, 0.29) is 5.56 Å². The van der Waals surface area contributed by atoms with Crippen LogP contribution in [0.2, 0.25) is 0 Å². The molecule has 0 aliphatic rings. The Kier molecular flexibility index (Phi) is 4.83. The van der Waals surface area contributed by atoms with Crippen molar-refractivity contribution in [3.8, 4) is 0 Å². The molecule has 0 fully saturated rings. The van der Waals surface area contributed by atoms with E-state index < -0.39 is 5.97 Å². The van der Waals surface area contributed by atoms with Gasteiger partial charge in [0.25, 0.3) is 5.56 Å². The van der Waals surface area contributed by atoms with E-state index in [4.69, 9.17) is 4.74 Å². The average Bonchev–Trinajstić information content (AvgIpc) is 2.96. The van der Waals surface area contributed by atoms with Crippen LogP contribution in [0.15, 0.2) is 23.3 Å². The van der Waals surface area contributed by atoms with Gasteiger partial charge in [0, 0.05) is 18.9 Å². The second-order valence-corrected chi connectivity index (χ2v) is 6.12. The minimum Gasteiger partial charge on any atom is -0.465 e. The van der Waals surface area contributed by atoms with Crippen LogP contribution in [-0.4, -0.2) is 32.2 Å². The van der Waals surface area contributed by atoms with E-state index in [2.05, 4.69) is 17.0 Å². The lowest BCUT2D eigenvalue weighted by atomic mass is 10.2. The summed E-state index contributed by atoms with van der Waals surface area (Å²) in [4.78, 5) is 29.0. The van der Waals surface area contributed by atoms with Crippen molar-refractivity contribution in [1.82, 2.24) is 19.2 Å². The molecule has 3 heterocycles. The second-order valence-electron chi connectivity index (χ2n) is 6.12. The Labute approximate surface area is 145 Å². The third-order valence-electron chi connectivity index (χ3n) is 4.40. The van der Waals surface area contributed by atoms with Crippen molar-refractivity contribution in [2.24, 2.45) is 0 Å². The number of hydrogen-bond acceptors (Lipinski definition) is 5. The summed E-state index contributed by atoms with van der Waals surface area (Å²) < 4.78 is 8.06. The Hall–Kier alpha value is -2.70. The molecule has 0 radical (unpaired) electrons. The molecule has 0 amide bonds. The van der Waals surface area contributed by atoms with E-state index in [1.54, 1.807) is 22.2 Å². The first kappa shape index (κ1) is 17.1. The molecular formula is C18H22N4O3. The molecule has 0 bridgehead atoms. The molecule has 132 valence electrons. The smallest absolute Gasteiger partial charge is 0.343 e. The highest BCUT2D eigenvalue weighted by Gasteiger charge is 2.20. The highest BCUT2D eigenvalue weighted by molar-refractivity contribution is 5.98. The molecule has 7 nitrogen and oxygen atoms in total. The van der Waals surface area contributed by atoms with E-state index in [9.17, 15) is 9.59 Å². The van der Waals surface area contributed by atoms with Gasteiger partial charge in [-0.2, -0.15) is 5.10 Å². The van der Waals surface area contributed by atoms with E-state index in [0.717, 1.165) is 19.3 Å². The fourth-order valence-electron chi connectivity index (χ4n) is 3.04. The van der Waals surface area contributed by atoms with Crippen molar-refractivity contribution in [2.45, 2.75) is 46.1 Å².